The van der Waals surface area contributed by atoms with Crippen LogP contribution in [0.15, 0.2) is 18.2 Å². The van der Waals surface area contributed by atoms with E-state index in [1.807, 2.05) is 25.1 Å². The predicted molar refractivity (Wildman–Crippen MR) is 68.8 cm³/mol. The Morgan fingerprint density at radius 2 is 2.39 bits per heavy atom. The molecule has 2 atom stereocenters. The van der Waals surface area contributed by atoms with Crippen molar-refractivity contribution in [2.24, 2.45) is 0 Å². The Labute approximate surface area is 111 Å². The summed E-state index contributed by atoms with van der Waals surface area (Å²) in [6, 6.07) is 5.67. The Hall–Kier alpha value is -1.10. The van der Waals surface area contributed by atoms with Gasteiger partial charge in [-0.3, -0.25) is 0 Å². The van der Waals surface area contributed by atoms with E-state index in [0.29, 0.717) is 13.2 Å². The highest BCUT2D eigenvalue weighted by Gasteiger charge is 2.33. The van der Waals surface area contributed by atoms with E-state index in [1.165, 1.54) is 0 Å². The summed E-state index contributed by atoms with van der Waals surface area (Å²) >= 11 is 5.95. The van der Waals surface area contributed by atoms with E-state index in [1.54, 1.807) is 0 Å². The lowest BCUT2D eigenvalue weighted by atomic mass is 10.1. The molecule has 1 saturated heterocycles. The fourth-order valence-corrected chi connectivity index (χ4v) is 2.23. The van der Waals surface area contributed by atoms with E-state index in [9.17, 15) is 4.79 Å². The molecule has 98 valence electrons. The molecule has 18 heavy (non-hydrogen) atoms. The molecule has 0 aromatic heterocycles. The van der Waals surface area contributed by atoms with Gasteiger partial charge in [-0.25, -0.2) is 4.79 Å². The lowest BCUT2D eigenvalue weighted by Gasteiger charge is -2.16. The molecule has 1 aromatic rings. The Kier molecular flexibility index (Phi) is 4.22. The smallest absolute Gasteiger partial charge is 0.334 e. The maximum absolute atomic E-state index is 10.9. The highest BCUT2D eigenvalue weighted by atomic mass is 35.5. The van der Waals surface area contributed by atoms with E-state index in [-0.39, 0.29) is 6.04 Å². The lowest BCUT2D eigenvalue weighted by Crippen LogP contribution is -2.40. The van der Waals surface area contributed by atoms with Crippen molar-refractivity contribution in [1.82, 2.24) is 5.32 Å². The van der Waals surface area contributed by atoms with Gasteiger partial charge in [-0.05, 0) is 30.5 Å². The first kappa shape index (κ1) is 13.3. The number of rotatable bonds is 4. The van der Waals surface area contributed by atoms with Crippen LogP contribution in [0, 0.1) is 6.92 Å². The SMILES string of the molecule is Cc1cc(CN[C@@H]2CCO[C@@H]2C(=O)O)ccc1Cl. The van der Waals surface area contributed by atoms with Crippen molar-refractivity contribution >= 4 is 17.6 Å². The highest BCUT2D eigenvalue weighted by molar-refractivity contribution is 6.31. The van der Waals surface area contributed by atoms with Crippen LogP contribution in [0.25, 0.3) is 0 Å². The first-order valence-corrected chi connectivity index (χ1v) is 6.28. The standard InChI is InChI=1S/C13H16ClNO3/c1-8-6-9(2-3-10(8)14)7-15-11-4-5-18-12(11)13(16)17/h2-3,6,11-12,15H,4-5,7H2,1H3,(H,16,17)/t11-,12+/m1/s1. The number of carboxylic acid groups (broad SMARTS) is 1. The third-order valence-electron chi connectivity index (χ3n) is 3.13. The molecule has 1 aliphatic rings. The van der Waals surface area contributed by atoms with Crippen molar-refractivity contribution in [2.75, 3.05) is 6.61 Å². The zero-order valence-corrected chi connectivity index (χ0v) is 10.9. The van der Waals surface area contributed by atoms with Crippen molar-refractivity contribution < 1.29 is 14.6 Å². The van der Waals surface area contributed by atoms with Gasteiger partial charge < -0.3 is 15.2 Å². The van der Waals surface area contributed by atoms with Crippen molar-refractivity contribution in [2.45, 2.75) is 32.0 Å². The Morgan fingerprint density at radius 3 is 3.06 bits per heavy atom. The monoisotopic (exact) mass is 269 g/mol. The van der Waals surface area contributed by atoms with Gasteiger partial charge in [-0.2, -0.15) is 0 Å². The molecule has 0 aliphatic carbocycles. The van der Waals surface area contributed by atoms with Crippen LogP contribution in [-0.4, -0.2) is 29.8 Å². The molecular formula is C13H16ClNO3. The molecule has 2 rings (SSSR count). The number of aliphatic carboxylic acids is 1. The Bertz CT molecular complexity index is 450. The van der Waals surface area contributed by atoms with Gasteiger partial charge in [0.2, 0.25) is 0 Å². The quantitative estimate of drug-likeness (QED) is 0.878. The van der Waals surface area contributed by atoms with E-state index < -0.39 is 12.1 Å². The number of nitrogens with one attached hydrogen (secondary N) is 1. The molecule has 0 spiro atoms. The highest BCUT2D eigenvalue weighted by Crippen LogP contribution is 2.18. The van der Waals surface area contributed by atoms with Crippen LogP contribution in [0.4, 0.5) is 0 Å². The molecule has 5 heteroatoms. The van der Waals surface area contributed by atoms with Crippen LogP contribution in [-0.2, 0) is 16.1 Å². The van der Waals surface area contributed by atoms with Gasteiger partial charge in [0, 0.05) is 24.2 Å². The first-order chi connectivity index (χ1) is 8.58. The van der Waals surface area contributed by atoms with Crippen LogP contribution >= 0.6 is 11.6 Å². The fraction of sp³-hybridized carbons (Fsp3) is 0.462. The summed E-state index contributed by atoms with van der Waals surface area (Å²) in [5, 5.41) is 12.9. The van der Waals surface area contributed by atoms with E-state index in [2.05, 4.69) is 5.32 Å². The molecular weight excluding hydrogens is 254 g/mol. The van der Waals surface area contributed by atoms with Gasteiger partial charge in [0.25, 0.3) is 0 Å². The van der Waals surface area contributed by atoms with Crippen molar-refractivity contribution in [1.29, 1.82) is 0 Å². The van der Waals surface area contributed by atoms with Crippen LogP contribution in [0.5, 0.6) is 0 Å². The van der Waals surface area contributed by atoms with Crippen LogP contribution in [0.1, 0.15) is 17.5 Å². The number of hydrogen-bond acceptors (Lipinski definition) is 3. The summed E-state index contributed by atoms with van der Waals surface area (Å²) in [5.41, 5.74) is 2.11. The van der Waals surface area contributed by atoms with Gasteiger partial charge in [-0.15, -0.1) is 0 Å². The summed E-state index contributed by atoms with van der Waals surface area (Å²) < 4.78 is 5.18. The maximum Gasteiger partial charge on any atom is 0.334 e. The summed E-state index contributed by atoms with van der Waals surface area (Å²) in [6.07, 6.45) is -0.0119. The van der Waals surface area contributed by atoms with E-state index in [0.717, 1.165) is 22.6 Å². The lowest BCUT2D eigenvalue weighted by molar-refractivity contribution is -0.148. The minimum atomic E-state index is -0.905. The molecule has 0 saturated carbocycles. The summed E-state index contributed by atoms with van der Waals surface area (Å²) in [5.74, 6) is -0.905. The largest absolute Gasteiger partial charge is 0.479 e. The predicted octanol–water partition coefficient (Wildman–Crippen LogP) is 1.98. The number of halogens is 1. The summed E-state index contributed by atoms with van der Waals surface area (Å²) in [6.45, 7) is 3.06. The molecule has 0 radical (unpaired) electrons. The molecule has 1 aliphatic heterocycles. The van der Waals surface area contributed by atoms with Gasteiger partial charge >= 0.3 is 5.97 Å². The second-order valence-electron chi connectivity index (χ2n) is 4.49. The number of ether oxygens (including phenoxy) is 1. The Morgan fingerprint density at radius 1 is 1.61 bits per heavy atom. The first-order valence-electron chi connectivity index (χ1n) is 5.91. The second-order valence-corrected chi connectivity index (χ2v) is 4.90. The van der Waals surface area contributed by atoms with E-state index >= 15 is 0 Å². The molecule has 1 fully saturated rings. The molecule has 1 heterocycles. The average Bonchev–Trinajstić information content (AvgIpc) is 2.79. The molecule has 4 nitrogen and oxygen atoms in total. The fourth-order valence-electron chi connectivity index (χ4n) is 2.11. The van der Waals surface area contributed by atoms with Gasteiger partial charge in [0.1, 0.15) is 0 Å². The van der Waals surface area contributed by atoms with Crippen LogP contribution in [0.2, 0.25) is 5.02 Å². The molecule has 0 amide bonds. The minimum Gasteiger partial charge on any atom is -0.479 e. The third kappa shape index (κ3) is 3.02. The Balaban J connectivity index is 1.94. The van der Waals surface area contributed by atoms with Crippen molar-refractivity contribution in [3.05, 3.63) is 34.3 Å². The van der Waals surface area contributed by atoms with Gasteiger partial charge in [-0.1, -0.05) is 23.7 Å². The van der Waals surface area contributed by atoms with E-state index in [4.69, 9.17) is 21.4 Å². The van der Waals surface area contributed by atoms with Crippen LogP contribution < -0.4 is 5.32 Å². The second kappa shape index (κ2) is 5.69. The number of hydrogen-bond donors (Lipinski definition) is 2. The summed E-state index contributed by atoms with van der Waals surface area (Å²) in [7, 11) is 0. The van der Waals surface area contributed by atoms with Crippen molar-refractivity contribution in [3.8, 4) is 0 Å². The number of benzene rings is 1. The topological polar surface area (TPSA) is 58.6 Å². The minimum absolute atomic E-state index is 0.126. The zero-order chi connectivity index (χ0) is 13.1. The van der Waals surface area contributed by atoms with Gasteiger partial charge in [0.05, 0.1) is 0 Å². The maximum atomic E-state index is 10.9. The molecule has 0 bridgehead atoms. The van der Waals surface area contributed by atoms with Crippen LogP contribution in [0.3, 0.4) is 0 Å². The van der Waals surface area contributed by atoms with Crippen molar-refractivity contribution in [3.63, 3.8) is 0 Å². The average molecular weight is 270 g/mol. The number of carbonyl (C=O) groups is 1. The summed E-state index contributed by atoms with van der Waals surface area (Å²) in [4.78, 5) is 10.9. The number of carboxylic acids is 1. The molecule has 0 unspecified atom stereocenters. The number of aryl methyl sites for hydroxylation is 1. The molecule has 1 aromatic carbocycles. The molecule has 2 N–H and O–H groups in total. The zero-order valence-electron chi connectivity index (χ0n) is 10.1. The van der Waals surface area contributed by atoms with Gasteiger partial charge in [0.15, 0.2) is 6.10 Å². The normalized spacial score (nSPS) is 23.2. The third-order valence-corrected chi connectivity index (χ3v) is 3.55.